The van der Waals surface area contributed by atoms with E-state index >= 15 is 0 Å². The average Bonchev–Trinajstić information content (AvgIpc) is 3.55. The molecule has 8 nitrogen and oxygen atoms in total. The zero-order valence-corrected chi connectivity index (χ0v) is 21.9. The zero-order chi connectivity index (χ0) is 24.3. The molecule has 186 valence electrons. The molecule has 2 N–H and O–H groups in total. The van der Waals surface area contributed by atoms with E-state index in [0.717, 1.165) is 47.3 Å². The lowest BCUT2D eigenvalue weighted by Crippen LogP contribution is -2.22. The second-order valence-corrected chi connectivity index (χ2v) is 11.3. The number of carbonyl (C=O) groups is 2. The summed E-state index contributed by atoms with van der Waals surface area (Å²) < 4.78 is 11.4. The number of hydrogen-bond donors (Lipinski definition) is 2. The van der Waals surface area contributed by atoms with Crippen LogP contribution in [0.3, 0.4) is 0 Å². The highest BCUT2D eigenvalue weighted by Crippen LogP contribution is 2.43. The summed E-state index contributed by atoms with van der Waals surface area (Å²) in [4.78, 5) is 33.7. The number of thiazole rings is 2. The van der Waals surface area contributed by atoms with Crippen molar-refractivity contribution in [2.24, 2.45) is 11.8 Å². The van der Waals surface area contributed by atoms with Crippen molar-refractivity contribution in [3.8, 4) is 0 Å². The van der Waals surface area contributed by atoms with Crippen molar-refractivity contribution in [1.82, 2.24) is 9.97 Å². The standard InChI is InChI=1S/C24H34N4O4S2/c1-5-7-15-11-23(3,31-19(15)29)17-13-33-21(27-17)25-9-10-26-22-28-18(14-34-22)24(4)12-16(8-6-2)20(30)32-24/h13-16H,5-12H2,1-4H3,(H,25,27)(H,26,28)/t15-,16-,23-,24-/m0/s1. The minimum Gasteiger partial charge on any atom is -0.453 e. The Hall–Kier alpha value is -2.20. The van der Waals surface area contributed by atoms with E-state index < -0.39 is 11.2 Å². The Balaban J connectivity index is 1.25. The maximum absolute atomic E-state index is 12.2. The molecule has 0 bridgehead atoms. The van der Waals surface area contributed by atoms with Gasteiger partial charge in [0.2, 0.25) is 0 Å². The van der Waals surface area contributed by atoms with Crippen molar-refractivity contribution < 1.29 is 19.1 Å². The molecule has 0 aromatic carbocycles. The average molecular weight is 507 g/mol. The Morgan fingerprint density at radius 3 is 1.65 bits per heavy atom. The summed E-state index contributed by atoms with van der Waals surface area (Å²) in [7, 11) is 0. The highest BCUT2D eigenvalue weighted by molar-refractivity contribution is 7.14. The van der Waals surface area contributed by atoms with Gasteiger partial charge in [-0.1, -0.05) is 26.7 Å². The molecular weight excluding hydrogens is 472 g/mol. The van der Waals surface area contributed by atoms with Crippen LogP contribution in [0.2, 0.25) is 0 Å². The number of nitrogens with one attached hydrogen (secondary N) is 2. The topological polar surface area (TPSA) is 102 Å². The molecule has 2 aromatic rings. The SMILES string of the molecule is CCC[C@H]1C[C@@](C)(c2csc(NCCNc3nc([C@]4(C)C[C@H](CCC)C(=O)O4)cs3)n2)OC1=O. The second kappa shape index (κ2) is 10.2. The smallest absolute Gasteiger partial charge is 0.310 e. The Bertz CT molecular complexity index is 944. The van der Waals surface area contributed by atoms with Crippen LogP contribution in [0.25, 0.3) is 0 Å². The van der Waals surface area contributed by atoms with Crippen LogP contribution < -0.4 is 10.6 Å². The van der Waals surface area contributed by atoms with Crippen LogP contribution in [-0.2, 0) is 30.3 Å². The molecule has 10 heteroatoms. The fraction of sp³-hybridized carbons (Fsp3) is 0.667. The molecule has 2 fully saturated rings. The van der Waals surface area contributed by atoms with Crippen LogP contribution in [0.4, 0.5) is 10.3 Å². The number of carbonyl (C=O) groups excluding carboxylic acids is 2. The number of ether oxygens (including phenoxy) is 2. The first-order chi connectivity index (χ1) is 16.3. The molecule has 0 amide bonds. The number of aromatic nitrogens is 2. The highest BCUT2D eigenvalue weighted by Gasteiger charge is 2.46. The Morgan fingerprint density at radius 2 is 1.26 bits per heavy atom. The molecule has 0 saturated carbocycles. The van der Waals surface area contributed by atoms with Gasteiger partial charge in [-0.2, -0.15) is 0 Å². The lowest BCUT2D eigenvalue weighted by Gasteiger charge is -2.20. The summed E-state index contributed by atoms with van der Waals surface area (Å²) in [6, 6.07) is 0. The van der Waals surface area contributed by atoms with E-state index in [1.54, 1.807) is 0 Å². The molecule has 2 aliphatic rings. The normalized spacial score (nSPS) is 28.7. The molecule has 34 heavy (non-hydrogen) atoms. The van der Waals surface area contributed by atoms with E-state index in [9.17, 15) is 9.59 Å². The summed E-state index contributed by atoms with van der Waals surface area (Å²) in [5.41, 5.74) is 0.341. The van der Waals surface area contributed by atoms with Crippen molar-refractivity contribution in [3.63, 3.8) is 0 Å². The first kappa shape index (κ1) is 24.9. The van der Waals surface area contributed by atoms with E-state index in [1.807, 2.05) is 24.6 Å². The van der Waals surface area contributed by atoms with Crippen molar-refractivity contribution >= 4 is 44.9 Å². The zero-order valence-electron chi connectivity index (χ0n) is 20.3. The molecule has 0 radical (unpaired) electrons. The van der Waals surface area contributed by atoms with Crippen LogP contribution in [-0.4, -0.2) is 35.0 Å². The number of rotatable bonds is 11. The van der Waals surface area contributed by atoms with Gasteiger partial charge < -0.3 is 20.1 Å². The summed E-state index contributed by atoms with van der Waals surface area (Å²) >= 11 is 3.04. The minimum atomic E-state index is -0.640. The number of anilines is 2. The molecular formula is C24H34N4O4S2. The molecule has 4 rings (SSSR count). The summed E-state index contributed by atoms with van der Waals surface area (Å²) in [5.74, 6) is -0.289. The fourth-order valence-electron chi connectivity index (χ4n) is 4.79. The van der Waals surface area contributed by atoms with E-state index in [0.29, 0.717) is 25.9 Å². The summed E-state index contributed by atoms with van der Waals surface area (Å²) in [6.45, 7) is 9.41. The van der Waals surface area contributed by atoms with Gasteiger partial charge in [0.05, 0.1) is 23.2 Å². The van der Waals surface area contributed by atoms with E-state index in [2.05, 4.69) is 34.4 Å². The molecule has 2 aliphatic heterocycles. The highest BCUT2D eigenvalue weighted by atomic mass is 32.1. The van der Waals surface area contributed by atoms with Gasteiger partial charge in [-0.3, -0.25) is 9.59 Å². The van der Waals surface area contributed by atoms with Crippen molar-refractivity contribution in [3.05, 3.63) is 22.1 Å². The predicted octanol–water partition coefficient (Wildman–Crippen LogP) is 5.28. The van der Waals surface area contributed by atoms with Crippen molar-refractivity contribution in [1.29, 1.82) is 0 Å². The van der Waals surface area contributed by atoms with Gasteiger partial charge in [-0.05, 0) is 26.7 Å². The van der Waals surface area contributed by atoms with E-state index in [1.165, 1.54) is 22.7 Å². The summed E-state index contributed by atoms with van der Waals surface area (Å²) in [5, 5.41) is 12.2. The molecule has 0 aliphatic carbocycles. The van der Waals surface area contributed by atoms with E-state index in [-0.39, 0.29) is 23.8 Å². The third-order valence-corrected chi connectivity index (χ3v) is 8.23. The van der Waals surface area contributed by atoms with Crippen LogP contribution in [0.15, 0.2) is 10.8 Å². The molecule has 4 heterocycles. The number of esters is 2. The van der Waals surface area contributed by atoms with Gasteiger partial charge in [-0.25, -0.2) is 9.97 Å². The van der Waals surface area contributed by atoms with Crippen LogP contribution in [0.5, 0.6) is 0 Å². The first-order valence-corrected chi connectivity index (χ1v) is 13.9. The number of cyclic esters (lactones) is 2. The van der Waals surface area contributed by atoms with E-state index in [4.69, 9.17) is 9.47 Å². The van der Waals surface area contributed by atoms with Gasteiger partial charge in [0, 0.05) is 36.7 Å². The monoisotopic (exact) mass is 506 g/mol. The van der Waals surface area contributed by atoms with Gasteiger partial charge >= 0.3 is 11.9 Å². The largest absolute Gasteiger partial charge is 0.453 e. The van der Waals surface area contributed by atoms with Gasteiger partial charge in [0.15, 0.2) is 21.5 Å². The third-order valence-electron chi connectivity index (χ3n) is 6.63. The number of hydrogen-bond acceptors (Lipinski definition) is 10. The molecule has 0 unspecified atom stereocenters. The quantitative estimate of drug-likeness (QED) is 0.313. The van der Waals surface area contributed by atoms with Gasteiger partial charge in [-0.15, -0.1) is 22.7 Å². The first-order valence-electron chi connectivity index (χ1n) is 12.1. The fourth-order valence-corrected chi connectivity index (χ4v) is 6.51. The molecule has 0 spiro atoms. The maximum Gasteiger partial charge on any atom is 0.310 e. The lowest BCUT2D eigenvalue weighted by molar-refractivity contribution is -0.151. The lowest BCUT2D eigenvalue weighted by atomic mass is 9.91. The van der Waals surface area contributed by atoms with Crippen LogP contribution in [0.1, 0.15) is 77.6 Å². The predicted molar refractivity (Wildman–Crippen MR) is 134 cm³/mol. The Kier molecular flexibility index (Phi) is 7.47. The van der Waals surface area contributed by atoms with Crippen molar-refractivity contribution in [2.75, 3.05) is 23.7 Å². The van der Waals surface area contributed by atoms with Crippen LogP contribution >= 0.6 is 22.7 Å². The summed E-state index contributed by atoms with van der Waals surface area (Å²) in [6.07, 6.45) is 5.02. The Labute approximate surface area is 208 Å². The minimum absolute atomic E-state index is 0.0342. The number of nitrogens with zero attached hydrogens (tertiary/aromatic N) is 2. The van der Waals surface area contributed by atoms with Crippen LogP contribution in [0, 0.1) is 11.8 Å². The van der Waals surface area contributed by atoms with Gasteiger partial charge in [0.25, 0.3) is 0 Å². The van der Waals surface area contributed by atoms with Crippen molar-refractivity contribution in [2.45, 2.75) is 77.4 Å². The Morgan fingerprint density at radius 1 is 0.853 bits per heavy atom. The second-order valence-electron chi connectivity index (χ2n) is 9.61. The third kappa shape index (κ3) is 5.22. The molecule has 2 saturated heterocycles. The molecule has 4 atom stereocenters. The molecule has 2 aromatic heterocycles. The maximum atomic E-state index is 12.2. The van der Waals surface area contributed by atoms with Gasteiger partial charge in [0.1, 0.15) is 0 Å².